The molecule has 2 aromatic heterocycles. The molecule has 0 radical (unpaired) electrons. The van der Waals surface area contributed by atoms with Gasteiger partial charge < -0.3 is 14.8 Å². The number of nitrogens with zero attached hydrogens (tertiary/aromatic N) is 3. The molecule has 1 aromatic carbocycles. The van der Waals surface area contributed by atoms with Crippen molar-refractivity contribution in [3.05, 3.63) is 52.5 Å². The fraction of sp³-hybridized carbons (Fsp3) is 0.368. The van der Waals surface area contributed by atoms with Gasteiger partial charge in [-0.2, -0.15) is 4.98 Å². The maximum Gasteiger partial charge on any atom is 0.330 e. The van der Waals surface area contributed by atoms with Gasteiger partial charge in [0.1, 0.15) is 5.54 Å². The Balaban J connectivity index is 1.64. The van der Waals surface area contributed by atoms with Crippen molar-refractivity contribution in [1.29, 1.82) is 0 Å². The third-order valence-electron chi connectivity index (χ3n) is 5.06. The molecule has 1 amide bonds. The number of nitrogens with one attached hydrogen (secondary N) is 2. The first-order chi connectivity index (χ1) is 13.0. The molecule has 8 nitrogen and oxygen atoms in total. The van der Waals surface area contributed by atoms with Crippen LogP contribution in [0, 0.1) is 6.92 Å². The summed E-state index contributed by atoms with van der Waals surface area (Å²) in [5, 5.41) is 7.15. The Hall–Kier alpha value is -3.16. The van der Waals surface area contributed by atoms with Gasteiger partial charge in [0.05, 0.1) is 5.69 Å². The standard InChI is InChI=1S/C19H21N5O3/c1-12-11-20-18(26)24(12)15-7-5-14(6-8-15)16-21-17(23-27-16)19(22-13(2)25)9-3-4-10-19/h5-8,11H,3-4,9-10H2,1-2H3,(H,20,26)(H,22,25). The second kappa shape index (κ2) is 6.53. The molecule has 1 aliphatic carbocycles. The summed E-state index contributed by atoms with van der Waals surface area (Å²) >= 11 is 0. The van der Waals surface area contributed by atoms with Crippen LogP contribution in [0.25, 0.3) is 17.1 Å². The number of aryl methyl sites for hydroxylation is 1. The van der Waals surface area contributed by atoms with E-state index in [1.54, 1.807) is 10.8 Å². The SMILES string of the molecule is CC(=O)NC1(c2noc(-c3ccc(-n4c(C)c[nH]c4=O)cc3)n2)CCCC1. The topological polar surface area (TPSA) is 106 Å². The van der Waals surface area contributed by atoms with Gasteiger partial charge >= 0.3 is 5.69 Å². The van der Waals surface area contributed by atoms with E-state index in [-0.39, 0.29) is 11.6 Å². The largest absolute Gasteiger partial charge is 0.343 e. The summed E-state index contributed by atoms with van der Waals surface area (Å²) in [7, 11) is 0. The molecule has 1 fully saturated rings. The van der Waals surface area contributed by atoms with Gasteiger partial charge in [0, 0.05) is 24.4 Å². The monoisotopic (exact) mass is 367 g/mol. The van der Waals surface area contributed by atoms with Gasteiger partial charge in [-0.05, 0) is 44.0 Å². The third-order valence-corrected chi connectivity index (χ3v) is 5.06. The average molecular weight is 367 g/mol. The fourth-order valence-corrected chi connectivity index (χ4v) is 3.78. The normalized spacial score (nSPS) is 15.8. The third kappa shape index (κ3) is 3.07. The van der Waals surface area contributed by atoms with E-state index < -0.39 is 5.54 Å². The number of hydrogen-bond donors (Lipinski definition) is 2. The summed E-state index contributed by atoms with van der Waals surface area (Å²) in [4.78, 5) is 30.7. The Morgan fingerprint density at radius 2 is 1.96 bits per heavy atom. The first-order valence-corrected chi connectivity index (χ1v) is 8.99. The Bertz CT molecular complexity index is 1020. The number of benzene rings is 1. The first-order valence-electron chi connectivity index (χ1n) is 8.99. The second-order valence-corrected chi connectivity index (χ2v) is 7.01. The molecule has 2 N–H and O–H groups in total. The van der Waals surface area contributed by atoms with E-state index in [9.17, 15) is 9.59 Å². The van der Waals surface area contributed by atoms with Crippen LogP contribution in [-0.2, 0) is 10.3 Å². The number of hydrogen-bond acceptors (Lipinski definition) is 5. The van der Waals surface area contributed by atoms with E-state index in [0.29, 0.717) is 11.7 Å². The summed E-state index contributed by atoms with van der Waals surface area (Å²) in [5.74, 6) is 0.818. The highest BCUT2D eigenvalue weighted by molar-refractivity contribution is 5.74. The van der Waals surface area contributed by atoms with E-state index in [0.717, 1.165) is 42.6 Å². The predicted molar refractivity (Wildman–Crippen MR) is 98.4 cm³/mol. The van der Waals surface area contributed by atoms with Gasteiger partial charge in [0.25, 0.3) is 5.89 Å². The van der Waals surface area contributed by atoms with Crippen LogP contribution in [0.2, 0.25) is 0 Å². The van der Waals surface area contributed by atoms with Crippen LogP contribution in [0.5, 0.6) is 0 Å². The van der Waals surface area contributed by atoms with Crippen molar-refractivity contribution in [2.75, 3.05) is 0 Å². The molecule has 8 heteroatoms. The molecule has 27 heavy (non-hydrogen) atoms. The summed E-state index contributed by atoms with van der Waals surface area (Å²) in [6, 6.07) is 7.34. The number of imidazole rings is 1. The Morgan fingerprint density at radius 1 is 1.26 bits per heavy atom. The van der Waals surface area contributed by atoms with Crippen LogP contribution in [-0.4, -0.2) is 25.6 Å². The zero-order valence-electron chi connectivity index (χ0n) is 15.3. The zero-order valence-corrected chi connectivity index (χ0v) is 15.3. The molecule has 0 bridgehead atoms. The van der Waals surface area contributed by atoms with Crippen molar-refractivity contribution >= 4 is 5.91 Å². The Labute approximate surface area is 155 Å². The van der Waals surface area contributed by atoms with E-state index in [1.165, 1.54) is 6.92 Å². The van der Waals surface area contributed by atoms with Gasteiger partial charge in [-0.25, -0.2) is 4.79 Å². The molecule has 0 atom stereocenters. The van der Waals surface area contributed by atoms with Crippen molar-refractivity contribution in [2.24, 2.45) is 0 Å². The van der Waals surface area contributed by atoms with E-state index >= 15 is 0 Å². The number of H-pyrrole nitrogens is 1. The number of amides is 1. The molecule has 1 aliphatic rings. The van der Waals surface area contributed by atoms with Crippen molar-refractivity contribution in [3.63, 3.8) is 0 Å². The summed E-state index contributed by atoms with van der Waals surface area (Å²) in [6.07, 6.45) is 5.32. The molecule has 3 aromatic rings. The lowest BCUT2D eigenvalue weighted by atomic mass is 9.96. The minimum absolute atomic E-state index is 0.0973. The minimum Gasteiger partial charge on any atom is -0.343 e. The van der Waals surface area contributed by atoms with Gasteiger partial charge in [-0.3, -0.25) is 9.36 Å². The highest BCUT2D eigenvalue weighted by Gasteiger charge is 2.40. The Kier molecular flexibility index (Phi) is 4.18. The number of carbonyl (C=O) groups is 1. The lowest BCUT2D eigenvalue weighted by Crippen LogP contribution is -2.43. The van der Waals surface area contributed by atoms with Crippen LogP contribution in [0.4, 0.5) is 0 Å². The smallest absolute Gasteiger partial charge is 0.330 e. The molecule has 0 spiro atoms. The second-order valence-electron chi connectivity index (χ2n) is 7.01. The van der Waals surface area contributed by atoms with Crippen molar-refractivity contribution in [3.8, 4) is 17.1 Å². The van der Waals surface area contributed by atoms with Crippen molar-refractivity contribution in [1.82, 2.24) is 25.0 Å². The number of aromatic amines is 1. The predicted octanol–water partition coefficient (Wildman–Crippen LogP) is 2.43. The molecule has 4 rings (SSSR count). The summed E-state index contributed by atoms with van der Waals surface area (Å²) in [6.45, 7) is 3.36. The van der Waals surface area contributed by atoms with Crippen molar-refractivity contribution < 1.29 is 9.32 Å². The van der Waals surface area contributed by atoms with Crippen LogP contribution in [0.3, 0.4) is 0 Å². The number of carbonyl (C=O) groups excluding carboxylic acids is 1. The van der Waals surface area contributed by atoms with E-state index in [1.807, 2.05) is 31.2 Å². The van der Waals surface area contributed by atoms with Crippen LogP contribution >= 0.6 is 0 Å². The maximum atomic E-state index is 11.9. The molecule has 1 saturated carbocycles. The quantitative estimate of drug-likeness (QED) is 0.737. The minimum atomic E-state index is -0.539. The highest BCUT2D eigenvalue weighted by Crippen LogP contribution is 2.38. The van der Waals surface area contributed by atoms with Crippen LogP contribution in [0.15, 0.2) is 39.8 Å². The fourth-order valence-electron chi connectivity index (χ4n) is 3.78. The van der Waals surface area contributed by atoms with Gasteiger partial charge in [-0.15, -0.1) is 0 Å². The average Bonchev–Trinajstić information content (AvgIpc) is 3.36. The molecule has 140 valence electrons. The maximum absolute atomic E-state index is 11.9. The van der Waals surface area contributed by atoms with Crippen molar-refractivity contribution in [2.45, 2.75) is 45.1 Å². The van der Waals surface area contributed by atoms with E-state index in [2.05, 4.69) is 20.4 Å². The molecule has 0 unspecified atom stereocenters. The zero-order chi connectivity index (χ0) is 19.0. The molecule has 0 saturated heterocycles. The molecule has 2 heterocycles. The highest BCUT2D eigenvalue weighted by atomic mass is 16.5. The van der Waals surface area contributed by atoms with Crippen LogP contribution < -0.4 is 11.0 Å². The molecular formula is C19H21N5O3. The Morgan fingerprint density at radius 3 is 2.56 bits per heavy atom. The molecular weight excluding hydrogens is 346 g/mol. The van der Waals surface area contributed by atoms with E-state index in [4.69, 9.17) is 4.52 Å². The van der Waals surface area contributed by atoms with Gasteiger partial charge in [0.15, 0.2) is 5.82 Å². The van der Waals surface area contributed by atoms with Crippen LogP contribution in [0.1, 0.15) is 44.1 Å². The number of rotatable bonds is 4. The lowest BCUT2D eigenvalue weighted by Gasteiger charge is -2.25. The number of aromatic nitrogens is 4. The summed E-state index contributed by atoms with van der Waals surface area (Å²) < 4.78 is 7.05. The van der Waals surface area contributed by atoms with Gasteiger partial charge in [0.2, 0.25) is 5.91 Å². The molecule has 0 aliphatic heterocycles. The first kappa shape index (κ1) is 17.3. The van der Waals surface area contributed by atoms with Gasteiger partial charge in [-0.1, -0.05) is 18.0 Å². The summed E-state index contributed by atoms with van der Waals surface area (Å²) in [5.41, 5.74) is 1.62. The lowest BCUT2D eigenvalue weighted by molar-refractivity contribution is -0.121.